The van der Waals surface area contributed by atoms with E-state index in [4.69, 9.17) is 10.00 Å². The summed E-state index contributed by atoms with van der Waals surface area (Å²) >= 11 is 0. The maximum atomic E-state index is 12.3. The molecule has 28 heavy (non-hydrogen) atoms. The zero-order valence-corrected chi connectivity index (χ0v) is 15.1. The van der Waals surface area contributed by atoms with Crippen LogP contribution in [-0.4, -0.2) is 34.6 Å². The molecule has 3 N–H and O–H groups in total. The summed E-state index contributed by atoms with van der Waals surface area (Å²) in [5.74, 6) is 0.605. The number of amides is 2. The van der Waals surface area contributed by atoms with Crippen LogP contribution in [0.1, 0.15) is 40.7 Å². The number of phenolic OH excluding ortho intramolecular Hbond substituents is 1. The van der Waals surface area contributed by atoms with Crippen molar-refractivity contribution in [3.8, 4) is 17.6 Å². The Kier molecular flexibility index (Phi) is 4.35. The molecule has 1 aliphatic carbocycles. The Morgan fingerprint density at radius 1 is 1.36 bits per heavy atom. The molecule has 0 saturated heterocycles. The SMILES string of the molecule is CCC(=O)c1ccc2c(c1O)C1C(CO2)C1NC(=O)Nc1ccc(C#N)cn1. The molecule has 1 aromatic carbocycles. The third kappa shape index (κ3) is 3.01. The molecule has 3 unspecified atom stereocenters. The molecule has 8 nitrogen and oxygen atoms in total. The van der Waals surface area contributed by atoms with Gasteiger partial charge in [0.15, 0.2) is 5.78 Å². The first-order valence-corrected chi connectivity index (χ1v) is 8.99. The summed E-state index contributed by atoms with van der Waals surface area (Å²) < 4.78 is 5.70. The first kappa shape index (κ1) is 17.8. The van der Waals surface area contributed by atoms with E-state index >= 15 is 0 Å². The van der Waals surface area contributed by atoms with Crippen molar-refractivity contribution in [1.29, 1.82) is 5.26 Å². The second kappa shape index (κ2) is 6.85. The highest BCUT2D eigenvalue weighted by molar-refractivity contribution is 5.99. The minimum absolute atomic E-state index is 0.0325. The predicted octanol–water partition coefficient (Wildman–Crippen LogP) is 2.55. The first-order valence-electron chi connectivity index (χ1n) is 8.99. The molecule has 142 valence electrons. The fourth-order valence-corrected chi connectivity index (χ4v) is 3.65. The number of rotatable bonds is 4. The minimum Gasteiger partial charge on any atom is -0.507 e. The molecule has 2 aromatic rings. The number of aromatic nitrogens is 1. The normalized spacial score (nSPS) is 21.4. The second-order valence-electron chi connectivity index (χ2n) is 6.82. The van der Waals surface area contributed by atoms with Crippen molar-refractivity contribution in [2.45, 2.75) is 25.3 Å². The number of hydrogen-bond donors (Lipinski definition) is 3. The highest BCUT2D eigenvalue weighted by Gasteiger charge is 2.57. The van der Waals surface area contributed by atoms with Crippen molar-refractivity contribution in [1.82, 2.24) is 10.3 Å². The van der Waals surface area contributed by atoms with Gasteiger partial charge in [-0.25, -0.2) is 9.78 Å². The molecule has 1 aromatic heterocycles. The van der Waals surface area contributed by atoms with Crippen LogP contribution < -0.4 is 15.4 Å². The van der Waals surface area contributed by atoms with Gasteiger partial charge in [0, 0.05) is 36.1 Å². The van der Waals surface area contributed by atoms with Crippen LogP contribution in [0.25, 0.3) is 0 Å². The summed E-state index contributed by atoms with van der Waals surface area (Å²) in [6, 6.07) is 7.71. The molecule has 2 aliphatic rings. The topological polar surface area (TPSA) is 124 Å². The average Bonchev–Trinajstić information content (AvgIpc) is 3.40. The molecule has 2 heterocycles. The first-order chi connectivity index (χ1) is 13.5. The predicted molar refractivity (Wildman–Crippen MR) is 99.3 cm³/mol. The lowest BCUT2D eigenvalue weighted by Gasteiger charge is -2.18. The van der Waals surface area contributed by atoms with Gasteiger partial charge in [-0.2, -0.15) is 5.26 Å². The summed E-state index contributed by atoms with van der Waals surface area (Å²) in [6.45, 7) is 2.17. The number of benzene rings is 1. The van der Waals surface area contributed by atoms with Crippen LogP contribution in [-0.2, 0) is 0 Å². The van der Waals surface area contributed by atoms with E-state index in [0.29, 0.717) is 35.7 Å². The summed E-state index contributed by atoms with van der Waals surface area (Å²) in [7, 11) is 0. The number of carbonyl (C=O) groups excluding carboxylic acids is 2. The summed E-state index contributed by atoms with van der Waals surface area (Å²) in [4.78, 5) is 28.3. The van der Waals surface area contributed by atoms with E-state index in [0.717, 1.165) is 0 Å². The van der Waals surface area contributed by atoms with Crippen LogP contribution in [0.2, 0.25) is 0 Å². The van der Waals surface area contributed by atoms with E-state index in [-0.39, 0.29) is 35.0 Å². The fraction of sp³-hybridized carbons (Fsp3) is 0.300. The Bertz CT molecular complexity index is 997. The van der Waals surface area contributed by atoms with Crippen molar-refractivity contribution in [3.63, 3.8) is 0 Å². The summed E-state index contributed by atoms with van der Waals surface area (Å²) in [6.07, 6.45) is 1.67. The Hall–Kier alpha value is -3.60. The number of nitriles is 1. The number of Topliss-reactive ketones (excluding diaryl/α,β-unsaturated/α-hetero) is 1. The third-order valence-corrected chi connectivity index (χ3v) is 5.16. The van der Waals surface area contributed by atoms with Gasteiger partial charge in [0.1, 0.15) is 23.4 Å². The number of urea groups is 1. The lowest BCUT2D eigenvalue weighted by Crippen LogP contribution is -2.32. The number of phenols is 1. The average molecular weight is 378 g/mol. The number of nitrogens with one attached hydrogen (secondary N) is 2. The molecule has 3 atom stereocenters. The van der Waals surface area contributed by atoms with Crippen LogP contribution in [0.3, 0.4) is 0 Å². The highest BCUT2D eigenvalue weighted by Crippen LogP contribution is 2.57. The monoisotopic (exact) mass is 378 g/mol. The van der Waals surface area contributed by atoms with Gasteiger partial charge >= 0.3 is 6.03 Å². The lowest BCUT2D eigenvalue weighted by molar-refractivity contribution is 0.0985. The molecule has 0 bridgehead atoms. The molecule has 4 rings (SSSR count). The molecule has 8 heteroatoms. The van der Waals surface area contributed by atoms with Gasteiger partial charge in [0.2, 0.25) is 0 Å². The third-order valence-electron chi connectivity index (χ3n) is 5.16. The fourth-order valence-electron chi connectivity index (χ4n) is 3.65. The van der Waals surface area contributed by atoms with Gasteiger partial charge in [-0.1, -0.05) is 6.92 Å². The zero-order valence-electron chi connectivity index (χ0n) is 15.1. The Balaban J connectivity index is 1.48. The smallest absolute Gasteiger partial charge is 0.320 e. The summed E-state index contributed by atoms with van der Waals surface area (Å²) in [5.41, 5.74) is 1.26. The summed E-state index contributed by atoms with van der Waals surface area (Å²) in [5, 5.41) is 24.9. The number of ether oxygens (including phenoxy) is 1. The van der Waals surface area contributed by atoms with Crippen LogP contribution in [0.5, 0.6) is 11.5 Å². The number of anilines is 1. The van der Waals surface area contributed by atoms with Gasteiger partial charge in [-0.05, 0) is 24.3 Å². The molecule has 2 amide bonds. The molecule has 0 radical (unpaired) electrons. The van der Waals surface area contributed by atoms with Gasteiger partial charge in [-0.3, -0.25) is 10.1 Å². The zero-order chi connectivity index (χ0) is 19.8. The number of carbonyl (C=O) groups is 2. The van der Waals surface area contributed by atoms with E-state index in [1.54, 1.807) is 31.2 Å². The van der Waals surface area contributed by atoms with Crippen LogP contribution in [0.4, 0.5) is 10.6 Å². The van der Waals surface area contributed by atoms with Crippen molar-refractivity contribution in [2.24, 2.45) is 5.92 Å². The lowest BCUT2D eigenvalue weighted by atomic mass is 9.98. The number of ketones is 1. The van der Waals surface area contributed by atoms with Crippen LogP contribution in [0, 0.1) is 17.2 Å². The van der Waals surface area contributed by atoms with Crippen molar-refractivity contribution >= 4 is 17.6 Å². The Labute approximate surface area is 161 Å². The van der Waals surface area contributed by atoms with Gasteiger partial charge in [0.05, 0.1) is 17.7 Å². The standard InChI is InChI=1S/C20H18N4O4/c1-2-13(25)11-4-5-14-17(19(11)26)16-12(9-28-14)18(16)24-20(27)23-15-6-3-10(7-21)8-22-15/h3-6,8,12,16,18,26H,2,9H2,1H3,(H2,22,23,24,27). The van der Waals surface area contributed by atoms with E-state index in [1.807, 2.05) is 6.07 Å². The molecular weight excluding hydrogens is 360 g/mol. The van der Waals surface area contributed by atoms with E-state index in [1.165, 1.54) is 6.20 Å². The number of fused-ring (bicyclic) bond motifs is 3. The van der Waals surface area contributed by atoms with Crippen LogP contribution >= 0.6 is 0 Å². The maximum Gasteiger partial charge on any atom is 0.320 e. The van der Waals surface area contributed by atoms with Crippen molar-refractivity contribution in [3.05, 3.63) is 47.2 Å². The highest BCUT2D eigenvalue weighted by atomic mass is 16.5. The Morgan fingerprint density at radius 3 is 2.86 bits per heavy atom. The van der Waals surface area contributed by atoms with E-state index < -0.39 is 6.03 Å². The van der Waals surface area contributed by atoms with Gasteiger partial charge < -0.3 is 15.2 Å². The second-order valence-corrected chi connectivity index (χ2v) is 6.82. The molecule has 1 saturated carbocycles. The van der Waals surface area contributed by atoms with Gasteiger partial charge in [0.25, 0.3) is 0 Å². The van der Waals surface area contributed by atoms with Crippen molar-refractivity contribution < 1.29 is 19.4 Å². The van der Waals surface area contributed by atoms with Gasteiger partial charge in [-0.15, -0.1) is 0 Å². The van der Waals surface area contributed by atoms with E-state index in [2.05, 4.69) is 15.6 Å². The molecular formula is C20H18N4O4. The number of aromatic hydroxyl groups is 1. The number of pyridine rings is 1. The molecule has 1 aliphatic heterocycles. The Morgan fingerprint density at radius 2 is 2.18 bits per heavy atom. The van der Waals surface area contributed by atoms with Crippen molar-refractivity contribution in [2.75, 3.05) is 11.9 Å². The van der Waals surface area contributed by atoms with E-state index in [9.17, 15) is 14.7 Å². The maximum absolute atomic E-state index is 12.3. The number of hydrogen-bond acceptors (Lipinski definition) is 6. The largest absolute Gasteiger partial charge is 0.507 e. The number of nitrogens with zero attached hydrogens (tertiary/aromatic N) is 2. The molecule has 0 spiro atoms. The van der Waals surface area contributed by atoms with Crippen LogP contribution in [0.15, 0.2) is 30.5 Å². The minimum atomic E-state index is -0.432. The quantitative estimate of drug-likeness (QED) is 0.702. The molecule has 1 fully saturated rings.